The van der Waals surface area contributed by atoms with Gasteiger partial charge in [-0.25, -0.2) is 4.39 Å². The Bertz CT molecular complexity index is 443. The molecular weight excluding hydrogens is 225 g/mol. The van der Waals surface area contributed by atoms with Gasteiger partial charge in [0, 0.05) is 6.54 Å². The zero-order valence-electron chi connectivity index (χ0n) is 9.07. The van der Waals surface area contributed by atoms with Gasteiger partial charge in [-0.3, -0.25) is 4.79 Å². The number of hydrogen-bond donors (Lipinski definition) is 2. The average Bonchev–Trinajstić information content (AvgIpc) is 2.32. The van der Waals surface area contributed by atoms with Gasteiger partial charge in [0.2, 0.25) is 5.91 Å². The van der Waals surface area contributed by atoms with Gasteiger partial charge in [0.25, 0.3) is 0 Å². The van der Waals surface area contributed by atoms with Crippen LogP contribution in [0.25, 0.3) is 0 Å². The minimum absolute atomic E-state index is 0.0668. The van der Waals surface area contributed by atoms with Gasteiger partial charge in [-0.1, -0.05) is 0 Å². The minimum Gasteiger partial charge on any atom is -0.370 e. The van der Waals surface area contributed by atoms with Crippen LogP contribution in [0.4, 0.5) is 10.1 Å². The average molecular weight is 237 g/mol. The third-order valence-corrected chi connectivity index (χ3v) is 1.87. The van der Waals surface area contributed by atoms with Crippen molar-refractivity contribution in [1.29, 1.82) is 5.26 Å². The maximum atomic E-state index is 12.8. The summed E-state index contributed by atoms with van der Waals surface area (Å²) < 4.78 is 17.7. The maximum absolute atomic E-state index is 12.8. The monoisotopic (exact) mass is 237 g/mol. The highest BCUT2D eigenvalue weighted by atomic mass is 19.1. The van der Waals surface area contributed by atoms with Gasteiger partial charge in [0.1, 0.15) is 18.5 Å². The number of halogens is 1. The van der Waals surface area contributed by atoms with E-state index < -0.39 is 11.7 Å². The van der Waals surface area contributed by atoms with Crippen LogP contribution in [0.5, 0.6) is 0 Å². The summed E-state index contributed by atoms with van der Waals surface area (Å²) in [6, 6.07) is 5.34. The SMILES string of the molecule is N#Cc1cc(F)ccc1NC(=O)COCCN. The number of anilines is 1. The molecule has 1 aromatic carbocycles. The van der Waals surface area contributed by atoms with Crippen LogP contribution >= 0.6 is 0 Å². The fourth-order valence-electron chi connectivity index (χ4n) is 1.15. The van der Waals surface area contributed by atoms with Crippen molar-refractivity contribution in [2.45, 2.75) is 0 Å². The molecule has 1 rings (SSSR count). The van der Waals surface area contributed by atoms with E-state index in [0.29, 0.717) is 6.54 Å². The van der Waals surface area contributed by atoms with Gasteiger partial charge in [-0.05, 0) is 18.2 Å². The summed E-state index contributed by atoms with van der Waals surface area (Å²) in [6.07, 6.45) is 0. The molecule has 0 bridgehead atoms. The van der Waals surface area contributed by atoms with Crippen molar-refractivity contribution in [3.63, 3.8) is 0 Å². The van der Waals surface area contributed by atoms with E-state index in [1.54, 1.807) is 6.07 Å². The first-order valence-electron chi connectivity index (χ1n) is 4.94. The Morgan fingerprint density at radius 1 is 1.59 bits per heavy atom. The van der Waals surface area contributed by atoms with Crippen molar-refractivity contribution in [1.82, 2.24) is 0 Å². The number of nitriles is 1. The molecule has 0 aliphatic carbocycles. The van der Waals surface area contributed by atoms with Crippen molar-refractivity contribution in [2.24, 2.45) is 5.73 Å². The Morgan fingerprint density at radius 2 is 2.35 bits per heavy atom. The fourth-order valence-corrected chi connectivity index (χ4v) is 1.15. The number of hydrogen-bond acceptors (Lipinski definition) is 4. The molecule has 0 fully saturated rings. The number of amides is 1. The van der Waals surface area contributed by atoms with E-state index in [4.69, 9.17) is 15.7 Å². The number of ether oxygens (including phenoxy) is 1. The van der Waals surface area contributed by atoms with Gasteiger partial charge >= 0.3 is 0 Å². The van der Waals surface area contributed by atoms with Crippen molar-refractivity contribution >= 4 is 11.6 Å². The second-order valence-electron chi connectivity index (χ2n) is 3.19. The molecule has 1 amide bonds. The second-order valence-corrected chi connectivity index (χ2v) is 3.19. The maximum Gasteiger partial charge on any atom is 0.250 e. The summed E-state index contributed by atoms with van der Waals surface area (Å²) in [5.41, 5.74) is 5.51. The van der Waals surface area contributed by atoms with E-state index in [9.17, 15) is 9.18 Å². The first-order valence-corrected chi connectivity index (χ1v) is 4.94. The molecule has 5 nitrogen and oxygen atoms in total. The minimum atomic E-state index is -0.529. The van der Waals surface area contributed by atoms with E-state index >= 15 is 0 Å². The molecule has 0 atom stereocenters. The van der Waals surface area contributed by atoms with Gasteiger partial charge in [-0.15, -0.1) is 0 Å². The molecule has 0 aliphatic rings. The largest absolute Gasteiger partial charge is 0.370 e. The Kier molecular flexibility index (Phi) is 5.07. The van der Waals surface area contributed by atoms with Crippen LogP contribution in [0.2, 0.25) is 0 Å². The summed E-state index contributed by atoms with van der Waals surface area (Å²) in [5.74, 6) is -0.944. The highest BCUT2D eigenvalue weighted by Crippen LogP contribution is 2.15. The summed E-state index contributed by atoms with van der Waals surface area (Å²) in [5, 5.41) is 11.2. The lowest BCUT2D eigenvalue weighted by atomic mass is 10.2. The van der Waals surface area contributed by atoms with E-state index in [2.05, 4.69) is 5.32 Å². The molecule has 0 radical (unpaired) electrons. The normalized spacial score (nSPS) is 9.71. The Labute approximate surface area is 98.0 Å². The molecule has 0 unspecified atom stereocenters. The Balaban J connectivity index is 2.62. The van der Waals surface area contributed by atoms with E-state index in [1.165, 1.54) is 6.07 Å². The molecule has 0 heterocycles. The fraction of sp³-hybridized carbons (Fsp3) is 0.273. The van der Waals surface area contributed by atoms with Gasteiger partial charge < -0.3 is 15.8 Å². The van der Waals surface area contributed by atoms with Gasteiger partial charge in [-0.2, -0.15) is 5.26 Å². The molecule has 0 saturated carbocycles. The lowest BCUT2D eigenvalue weighted by Crippen LogP contribution is -2.21. The predicted molar refractivity (Wildman–Crippen MR) is 59.6 cm³/mol. The molecule has 0 saturated heterocycles. The van der Waals surface area contributed by atoms with Crippen LogP contribution in [-0.4, -0.2) is 25.7 Å². The highest BCUT2D eigenvalue weighted by molar-refractivity contribution is 5.92. The van der Waals surface area contributed by atoms with Crippen LogP contribution in [0.3, 0.4) is 0 Å². The molecule has 6 heteroatoms. The summed E-state index contributed by atoms with van der Waals surface area (Å²) in [4.78, 5) is 11.4. The number of carbonyl (C=O) groups excluding carboxylic acids is 1. The van der Waals surface area contributed by atoms with Crippen LogP contribution in [0.15, 0.2) is 18.2 Å². The third kappa shape index (κ3) is 4.18. The molecule has 90 valence electrons. The van der Waals surface area contributed by atoms with Crippen LogP contribution in [0.1, 0.15) is 5.56 Å². The van der Waals surface area contributed by atoms with Crippen molar-refractivity contribution < 1.29 is 13.9 Å². The highest BCUT2D eigenvalue weighted by Gasteiger charge is 2.07. The number of benzene rings is 1. The van der Waals surface area contributed by atoms with Crippen LogP contribution in [0, 0.1) is 17.1 Å². The standard InChI is InChI=1S/C11H12FN3O2/c12-9-1-2-10(8(5-9)6-14)15-11(16)7-17-4-3-13/h1-2,5H,3-4,7,13H2,(H,15,16). The second kappa shape index (κ2) is 6.58. The quantitative estimate of drug-likeness (QED) is 0.734. The van der Waals surface area contributed by atoms with Gasteiger partial charge in [0.15, 0.2) is 0 Å². The van der Waals surface area contributed by atoms with E-state index in [1.807, 2.05) is 0 Å². The summed E-state index contributed by atoms with van der Waals surface area (Å²) in [6.45, 7) is 0.453. The molecule has 0 spiro atoms. The number of nitrogens with two attached hydrogens (primary N) is 1. The predicted octanol–water partition coefficient (Wildman–Crippen LogP) is 0.611. The number of nitrogens with one attached hydrogen (secondary N) is 1. The van der Waals surface area contributed by atoms with E-state index in [-0.39, 0.29) is 24.5 Å². The van der Waals surface area contributed by atoms with Crippen molar-refractivity contribution in [3.8, 4) is 6.07 Å². The lowest BCUT2D eigenvalue weighted by molar-refractivity contribution is -0.120. The van der Waals surface area contributed by atoms with E-state index in [0.717, 1.165) is 12.1 Å². The molecule has 1 aromatic rings. The summed E-state index contributed by atoms with van der Waals surface area (Å²) in [7, 11) is 0. The smallest absolute Gasteiger partial charge is 0.250 e. The zero-order valence-corrected chi connectivity index (χ0v) is 9.07. The number of rotatable bonds is 5. The first kappa shape index (κ1) is 13.1. The zero-order chi connectivity index (χ0) is 12.7. The molecule has 3 N–H and O–H groups in total. The number of nitrogens with zero attached hydrogens (tertiary/aromatic N) is 1. The molecule has 0 aromatic heterocycles. The summed E-state index contributed by atoms with van der Waals surface area (Å²) >= 11 is 0. The Hall–Kier alpha value is -1.97. The van der Waals surface area contributed by atoms with Gasteiger partial charge in [0.05, 0.1) is 17.9 Å². The molecular formula is C11H12FN3O2. The van der Waals surface area contributed by atoms with Crippen molar-refractivity contribution in [3.05, 3.63) is 29.6 Å². The topological polar surface area (TPSA) is 88.1 Å². The van der Waals surface area contributed by atoms with Crippen LogP contribution < -0.4 is 11.1 Å². The third-order valence-electron chi connectivity index (χ3n) is 1.87. The first-order chi connectivity index (χ1) is 8.17. The molecule has 0 aliphatic heterocycles. The van der Waals surface area contributed by atoms with Crippen LogP contribution in [-0.2, 0) is 9.53 Å². The Morgan fingerprint density at radius 3 is 3.00 bits per heavy atom. The number of carbonyl (C=O) groups is 1. The lowest BCUT2D eigenvalue weighted by Gasteiger charge is -2.07. The molecule has 17 heavy (non-hydrogen) atoms. The van der Waals surface area contributed by atoms with Crippen molar-refractivity contribution in [2.75, 3.05) is 25.1 Å².